The molecule has 4 aliphatic carbocycles. The molecule has 6 rings (SSSR count). The van der Waals surface area contributed by atoms with E-state index < -0.39 is 0 Å². The molecule has 1 aliphatic heterocycles. The Hall–Kier alpha value is -1.58. The van der Waals surface area contributed by atoms with E-state index in [1.807, 2.05) is 6.07 Å². The van der Waals surface area contributed by atoms with Gasteiger partial charge in [0.05, 0.1) is 4.92 Å². The van der Waals surface area contributed by atoms with Crippen LogP contribution in [0, 0.1) is 33.3 Å². The average molecular weight is 298 g/mol. The van der Waals surface area contributed by atoms with E-state index in [1.54, 1.807) is 12.1 Å². The van der Waals surface area contributed by atoms with E-state index >= 15 is 0 Å². The summed E-state index contributed by atoms with van der Waals surface area (Å²) in [6, 6.07) is 5.82. The number of nitro groups is 1. The van der Waals surface area contributed by atoms with Crippen LogP contribution in [0.4, 0.5) is 11.4 Å². The molecule has 4 nitrogen and oxygen atoms in total. The van der Waals surface area contributed by atoms with Crippen molar-refractivity contribution in [1.82, 2.24) is 0 Å². The Bertz CT molecular complexity index is 619. The Morgan fingerprint density at radius 3 is 2.32 bits per heavy atom. The molecule has 4 heteroatoms. The summed E-state index contributed by atoms with van der Waals surface area (Å²) in [6.45, 7) is 0. The molecule has 22 heavy (non-hydrogen) atoms. The van der Waals surface area contributed by atoms with Gasteiger partial charge in [0.2, 0.25) is 0 Å². The van der Waals surface area contributed by atoms with E-state index in [9.17, 15) is 10.1 Å². The molecule has 0 aromatic heterocycles. The van der Waals surface area contributed by atoms with Crippen LogP contribution in [0.2, 0.25) is 0 Å². The molecule has 116 valence electrons. The second kappa shape index (κ2) is 4.24. The maximum Gasteiger partial charge on any atom is 0.269 e. The molecule has 1 N–H and O–H groups in total. The van der Waals surface area contributed by atoms with Crippen LogP contribution in [0.3, 0.4) is 0 Å². The number of non-ortho nitro benzene ring substituents is 1. The summed E-state index contributed by atoms with van der Waals surface area (Å²) in [6.07, 6.45) is 9.51. The number of fused-ring (bicyclic) bond motifs is 1. The van der Waals surface area contributed by atoms with Gasteiger partial charge >= 0.3 is 0 Å². The molecule has 1 atom stereocenters. The molecule has 4 saturated carbocycles. The predicted octanol–water partition coefficient (Wildman–Crippen LogP) is 4.15. The summed E-state index contributed by atoms with van der Waals surface area (Å²) in [5.41, 5.74) is 2.97. The predicted molar refractivity (Wildman–Crippen MR) is 84.8 cm³/mol. The van der Waals surface area contributed by atoms with Crippen LogP contribution in [0.1, 0.15) is 44.1 Å². The van der Waals surface area contributed by atoms with Gasteiger partial charge in [-0.15, -0.1) is 0 Å². The summed E-state index contributed by atoms with van der Waals surface area (Å²) in [7, 11) is 0. The van der Waals surface area contributed by atoms with Crippen molar-refractivity contribution in [3.63, 3.8) is 0 Å². The number of benzene rings is 1. The fourth-order valence-corrected chi connectivity index (χ4v) is 6.44. The van der Waals surface area contributed by atoms with E-state index in [2.05, 4.69) is 5.32 Å². The van der Waals surface area contributed by atoms with E-state index in [4.69, 9.17) is 0 Å². The monoisotopic (exact) mass is 298 g/mol. The SMILES string of the molecule is O=[N+]([O-])c1ccc2c(c1)C[C@@H](C13CC4CC(CC(C4)C1)C3)N2. The lowest BCUT2D eigenvalue weighted by Crippen LogP contribution is -2.53. The summed E-state index contributed by atoms with van der Waals surface area (Å²) in [5.74, 6) is 2.85. The number of nitro benzene ring substituents is 1. The summed E-state index contributed by atoms with van der Waals surface area (Å²) in [4.78, 5) is 10.7. The third-order valence-corrected chi connectivity index (χ3v) is 6.88. The third-order valence-electron chi connectivity index (χ3n) is 6.88. The second-order valence-electron chi connectivity index (χ2n) is 8.28. The van der Waals surface area contributed by atoms with Crippen LogP contribution in [-0.2, 0) is 6.42 Å². The van der Waals surface area contributed by atoms with Gasteiger partial charge in [-0.3, -0.25) is 10.1 Å². The minimum atomic E-state index is -0.279. The maximum atomic E-state index is 11.0. The van der Waals surface area contributed by atoms with Gasteiger partial charge in [0.15, 0.2) is 0 Å². The number of nitrogens with one attached hydrogen (secondary N) is 1. The van der Waals surface area contributed by atoms with Crippen molar-refractivity contribution in [2.24, 2.45) is 23.2 Å². The number of anilines is 1. The number of hydrogen-bond acceptors (Lipinski definition) is 3. The van der Waals surface area contributed by atoms with Gasteiger partial charge in [0.25, 0.3) is 5.69 Å². The molecule has 0 amide bonds. The van der Waals surface area contributed by atoms with E-state index in [-0.39, 0.29) is 10.6 Å². The Morgan fingerprint density at radius 1 is 1.09 bits per heavy atom. The molecule has 0 unspecified atom stereocenters. The molecule has 0 spiro atoms. The molecule has 1 aromatic carbocycles. The molecular formula is C18H22N2O2. The van der Waals surface area contributed by atoms with Gasteiger partial charge in [-0.25, -0.2) is 0 Å². The zero-order chi connectivity index (χ0) is 14.9. The normalized spacial score (nSPS) is 41.3. The highest BCUT2D eigenvalue weighted by atomic mass is 16.6. The van der Waals surface area contributed by atoms with Crippen molar-refractivity contribution in [2.45, 2.75) is 51.0 Å². The smallest absolute Gasteiger partial charge is 0.269 e. The fraction of sp³-hybridized carbons (Fsp3) is 0.667. The highest BCUT2D eigenvalue weighted by molar-refractivity contribution is 5.61. The van der Waals surface area contributed by atoms with Crippen LogP contribution in [-0.4, -0.2) is 11.0 Å². The van der Waals surface area contributed by atoms with Crippen molar-refractivity contribution < 1.29 is 4.92 Å². The van der Waals surface area contributed by atoms with E-state index in [1.165, 1.54) is 38.5 Å². The van der Waals surface area contributed by atoms with Crippen molar-refractivity contribution in [3.8, 4) is 0 Å². The molecule has 1 aromatic rings. The number of rotatable bonds is 2. The highest BCUT2D eigenvalue weighted by Crippen LogP contribution is 2.62. The maximum absolute atomic E-state index is 11.0. The molecule has 1 heterocycles. The first-order chi connectivity index (χ1) is 10.6. The zero-order valence-corrected chi connectivity index (χ0v) is 12.8. The average Bonchev–Trinajstić information content (AvgIpc) is 2.89. The molecule has 5 aliphatic rings. The number of hydrogen-bond donors (Lipinski definition) is 1. The largest absolute Gasteiger partial charge is 0.381 e. The molecule has 4 bridgehead atoms. The third kappa shape index (κ3) is 1.76. The Labute approximate surface area is 130 Å². The van der Waals surface area contributed by atoms with E-state index in [0.717, 1.165) is 35.4 Å². The Kier molecular flexibility index (Phi) is 2.49. The van der Waals surface area contributed by atoms with Crippen LogP contribution in [0.15, 0.2) is 18.2 Å². The van der Waals surface area contributed by atoms with Crippen LogP contribution >= 0.6 is 0 Å². The van der Waals surface area contributed by atoms with Gasteiger partial charge in [-0.05, 0) is 79.7 Å². The van der Waals surface area contributed by atoms with Crippen molar-refractivity contribution in [1.29, 1.82) is 0 Å². The van der Waals surface area contributed by atoms with Gasteiger partial charge in [-0.2, -0.15) is 0 Å². The van der Waals surface area contributed by atoms with Gasteiger partial charge < -0.3 is 5.32 Å². The zero-order valence-electron chi connectivity index (χ0n) is 12.8. The summed E-state index contributed by atoms with van der Waals surface area (Å²) < 4.78 is 0. The topological polar surface area (TPSA) is 55.2 Å². The number of nitrogens with zero attached hydrogens (tertiary/aromatic N) is 1. The molecule has 4 fully saturated rings. The van der Waals surface area contributed by atoms with Crippen LogP contribution in [0.5, 0.6) is 0 Å². The Balaban J connectivity index is 1.45. The van der Waals surface area contributed by atoms with Gasteiger partial charge in [-0.1, -0.05) is 0 Å². The van der Waals surface area contributed by atoms with Crippen LogP contribution < -0.4 is 5.32 Å². The minimum Gasteiger partial charge on any atom is -0.381 e. The Morgan fingerprint density at radius 2 is 1.73 bits per heavy atom. The first-order valence-corrected chi connectivity index (χ1v) is 8.65. The summed E-state index contributed by atoms with van der Waals surface area (Å²) in [5, 5.41) is 14.7. The standard InChI is InChI=1S/C18H22N2O2/c21-20(22)15-1-2-16-14(6-15)7-17(19-16)18-8-11-3-12(9-18)5-13(4-11)10-18/h1-2,6,11-13,17,19H,3-5,7-10H2/t11?,12?,13?,17-,18?/m0/s1. The van der Waals surface area contributed by atoms with Crippen molar-refractivity contribution in [3.05, 3.63) is 33.9 Å². The minimum absolute atomic E-state index is 0.228. The second-order valence-corrected chi connectivity index (χ2v) is 8.28. The first-order valence-electron chi connectivity index (χ1n) is 8.65. The molecular weight excluding hydrogens is 276 g/mol. The van der Waals surface area contributed by atoms with Crippen molar-refractivity contribution >= 4 is 11.4 Å². The quantitative estimate of drug-likeness (QED) is 0.659. The van der Waals surface area contributed by atoms with Crippen LogP contribution in [0.25, 0.3) is 0 Å². The summed E-state index contributed by atoms with van der Waals surface area (Å²) >= 11 is 0. The fourth-order valence-electron chi connectivity index (χ4n) is 6.44. The van der Waals surface area contributed by atoms with Gasteiger partial charge in [0.1, 0.15) is 0 Å². The lowest BCUT2D eigenvalue weighted by molar-refractivity contribution is -0.384. The highest BCUT2D eigenvalue weighted by Gasteiger charge is 2.55. The van der Waals surface area contributed by atoms with Gasteiger partial charge in [0, 0.05) is 23.9 Å². The lowest BCUT2D eigenvalue weighted by atomic mass is 9.47. The lowest BCUT2D eigenvalue weighted by Gasteiger charge is -2.59. The first kappa shape index (κ1) is 12.9. The van der Waals surface area contributed by atoms with Crippen molar-refractivity contribution in [2.75, 3.05) is 5.32 Å². The molecule has 0 saturated heterocycles. The molecule has 0 radical (unpaired) electrons. The van der Waals surface area contributed by atoms with E-state index in [0.29, 0.717) is 11.5 Å².